The van der Waals surface area contributed by atoms with E-state index < -0.39 is 11.9 Å². The maximum Gasteiger partial charge on any atom is 0.342 e. The summed E-state index contributed by atoms with van der Waals surface area (Å²) in [4.78, 5) is 23.7. The summed E-state index contributed by atoms with van der Waals surface area (Å²) >= 11 is 0. The number of hydrogen-bond donors (Lipinski definition) is 1. The first kappa shape index (κ1) is 16.6. The van der Waals surface area contributed by atoms with Crippen molar-refractivity contribution in [2.24, 2.45) is 0 Å². The van der Waals surface area contributed by atoms with Crippen molar-refractivity contribution in [1.29, 1.82) is 0 Å². The molecule has 0 atom stereocenters. The molecule has 2 aromatic carbocycles. The molecule has 0 saturated carbocycles. The predicted octanol–water partition coefficient (Wildman–Crippen LogP) is 2.53. The normalized spacial score (nSPS) is 13.5. The minimum absolute atomic E-state index is 0.0273. The Kier molecular flexibility index (Phi) is 4.99. The standard InChI is InChI=1S/C19H16O6/c20-15-8-6-14(7-9-15)18(21)24-11-10-23-16-12-25-19(22)17(16)13-4-2-1-3-5-13/h1-9,20H,10-12H2. The fraction of sp³-hybridized carbons (Fsp3) is 0.158. The highest BCUT2D eigenvalue weighted by Gasteiger charge is 2.27. The van der Waals surface area contributed by atoms with E-state index in [1.807, 2.05) is 18.2 Å². The average Bonchev–Trinajstić information content (AvgIpc) is 3.00. The van der Waals surface area contributed by atoms with Gasteiger partial charge in [-0.25, -0.2) is 9.59 Å². The maximum atomic E-state index is 11.9. The van der Waals surface area contributed by atoms with Gasteiger partial charge in [0.05, 0.1) is 5.56 Å². The van der Waals surface area contributed by atoms with Gasteiger partial charge in [0.25, 0.3) is 0 Å². The first-order valence-electron chi connectivity index (χ1n) is 7.70. The van der Waals surface area contributed by atoms with Crippen molar-refractivity contribution in [3.05, 3.63) is 71.5 Å². The van der Waals surface area contributed by atoms with E-state index in [9.17, 15) is 14.7 Å². The molecule has 0 spiro atoms. The molecule has 0 fully saturated rings. The largest absolute Gasteiger partial charge is 0.508 e. The van der Waals surface area contributed by atoms with Gasteiger partial charge < -0.3 is 19.3 Å². The summed E-state index contributed by atoms with van der Waals surface area (Å²) in [5.74, 6) is -0.440. The first-order chi connectivity index (χ1) is 12.1. The van der Waals surface area contributed by atoms with Crippen LogP contribution in [0.3, 0.4) is 0 Å². The molecule has 6 heteroatoms. The van der Waals surface area contributed by atoms with Gasteiger partial charge in [0.15, 0.2) is 0 Å². The van der Waals surface area contributed by atoms with Gasteiger partial charge in [-0.05, 0) is 29.8 Å². The molecule has 128 valence electrons. The zero-order valence-electron chi connectivity index (χ0n) is 13.3. The number of phenolic OH excluding ortho intramolecular Hbond substituents is 1. The molecule has 0 unspecified atom stereocenters. The molecule has 0 amide bonds. The van der Waals surface area contributed by atoms with Gasteiger partial charge in [-0.3, -0.25) is 0 Å². The fourth-order valence-electron chi connectivity index (χ4n) is 2.37. The molecule has 1 aliphatic heterocycles. The van der Waals surface area contributed by atoms with E-state index in [0.29, 0.717) is 16.9 Å². The second kappa shape index (κ2) is 7.53. The van der Waals surface area contributed by atoms with Crippen molar-refractivity contribution >= 4 is 17.5 Å². The third-order valence-electron chi connectivity index (χ3n) is 3.58. The summed E-state index contributed by atoms with van der Waals surface area (Å²) in [5, 5.41) is 9.20. The van der Waals surface area contributed by atoms with Crippen molar-refractivity contribution in [2.75, 3.05) is 19.8 Å². The van der Waals surface area contributed by atoms with Crippen LogP contribution in [0.25, 0.3) is 5.57 Å². The topological polar surface area (TPSA) is 82.1 Å². The Morgan fingerprint density at radius 2 is 1.76 bits per heavy atom. The number of esters is 2. The third-order valence-corrected chi connectivity index (χ3v) is 3.58. The number of carbonyl (C=O) groups excluding carboxylic acids is 2. The number of rotatable bonds is 6. The Labute approximate surface area is 144 Å². The lowest BCUT2D eigenvalue weighted by Gasteiger charge is -2.08. The quantitative estimate of drug-likeness (QED) is 0.643. The molecule has 0 aromatic heterocycles. The molecule has 1 heterocycles. The van der Waals surface area contributed by atoms with Crippen molar-refractivity contribution in [2.45, 2.75) is 0 Å². The summed E-state index contributed by atoms with van der Waals surface area (Å²) in [7, 11) is 0. The molecule has 3 rings (SSSR count). The number of phenols is 1. The molecule has 6 nitrogen and oxygen atoms in total. The third kappa shape index (κ3) is 3.98. The monoisotopic (exact) mass is 340 g/mol. The molecule has 0 saturated heterocycles. The molecule has 0 aliphatic carbocycles. The van der Waals surface area contributed by atoms with E-state index in [2.05, 4.69) is 0 Å². The molecule has 0 bridgehead atoms. The molecule has 1 N–H and O–H groups in total. The SMILES string of the molecule is O=C1OCC(OCCOC(=O)c2ccc(O)cc2)=C1c1ccccc1. The Bertz CT molecular complexity index is 792. The predicted molar refractivity (Wildman–Crippen MR) is 88.7 cm³/mol. The van der Waals surface area contributed by atoms with Crippen LogP contribution in [0.5, 0.6) is 5.75 Å². The zero-order valence-corrected chi connectivity index (χ0v) is 13.3. The number of cyclic esters (lactones) is 1. The van der Waals surface area contributed by atoms with Crippen LogP contribution in [-0.2, 0) is 19.0 Å². The molecule has 0 radical (unpaired) electrons. The minimum Gasteiger partial charge on any atom is -0.508 e. The van der Waals surface area contributed by atoms with Gasteiger partial charge >= 0.3 is 11.9 Å². The zero-order chi connectivity index (χ0) is 17.6. The summed E-state index contributed by atoms with van der Waals surface area (Å²) in [5.41, 5.74) is 1.45. The van der Waals surface area contributed by atoms with Crippen molar-refractivity contribution < 1.29 is 28.9 Å². The highest BCUT2D eigenvalue weighted by Crippen LogP contribution is 2.26. The number of aromatic hydroxyl groups is 1. The van der Waals surface area contributed by atoms with Crippen molar-refractivity contribution in [3.8, 4) is 5.75 Å². The average molecular weight is 340 g/mol. The number of hydrogen-bond acceptors (Lipinski definition) is 6. The Balaban J connectivity index is 1.56. The molecular weight excluding hydrogens is 324 g/mol. The van der Waals surface area contributed by atoms with E-state index in [1.165, 1.54) is 24.3 Å². The summed E-state index contributed by atoms with van der Waals surface area (Å²) in [6, 6.07) is 14.9. The smallest absolute Gasteiger partial charge is 0.342 e. The lowest BCUT2D eigenvalue weighted by atomic mass is 10.1. The number of ether oxygens (including phenoxy) is 3. The Morgan fingerprint density at radius 1 is 1.04 bits per heavy atom. The van der Waals surface area contributed by atoms with Gasteiger partial charge in [0, 0.05) is 0 Å². The van der Waals surface area contributed by atoms with Crippen molar-refractivity contribution in [1.82, 2.24) is 0 Å². The van der Waals surface area contributed by atoms with Gasteiger partial charge in [-0.2, -0.15) is 0 Å². The molecule has 1 aliphatic rings. The Morgan fingerprint density at radius 3 is 2.48 bits per heavy atom. The van der Waals surface area contributed by atoms with Crippen molar-refractivity contribution in [3.63, 3.8) is 0 Å². The lowest BCUT2D eigenvalue weighted by molar-refractivity contribution is -0.134. The van der Waals surface area contributed by atoms with E-state index in [-0.39, 0.29) is 25.6 Å². The summed E-state index contributed by atoms with van der Waals surface area (Å²) in [6.07, 6.45) is 0. The van der Waals surface area contributed by atoms with Crippen LogP contribution in [0.15, 0.2) is 60.4 Å². The van der Waals surface area contributed by atoms with Crippen LogP contribution < -0.4 is 0 Å². The lowest BCUT2D eigenvalue weighted by Crippen LogP contribution is -2.11. The first-order valence-corrected chi connectivity index (χ1v) is 7.70. The van der Waals surface area contributed by atoms with Crippen LogP contribution >= 0.6 is 0 Å². The second-order valence-electron chi connectivity index (χ2n) is 5.27. The van der Waals surface area contributed by atoms with Crippen LogP contribution in [0.4, 0.5) is 0 Å². The van der Waals surface area contributed by atoms with Gasteiger partial charge in [0.1, 0.15) is 36.9 Å². The molecule has 2 aromatic rings. The van der Waals surface area contributed by atoms with Gasteiger partial charge in [-0.15, -0.1) is 0 Å². The van der Waals surface area contributed by atoms with Gasteiger partial charge in [0.2, 0.25) is 0 Å². The van der Waals surface area contributed by atoms with E-state index in [4.69, 9.17) is 14.2 Å². The molecular formula is C19H16O6. The summed E-state index contributed by atoms with van der Waals surface area (Å²) < 4.78 is 15.7. The van der Waals surface area contributed by atoms with E-state index in [0.717, 1.165) is 5.56 Å². The van der Waals surface area contributed by atoms with Crippen LogP contribution in [0, 0.1) is 0 Å². The fourth-order valence-corrected chi connectivity index (χ4v) is 2.37. The maximum absolute atomic E-state index is 11.9. The number of carbonyl (C=O) groups is 2. The highest BCUT2D eigenvalue weighted by atomic mass is 16.6. The van der Waals surface area contributed by atoms with E-state index >= 15 is 0 Å². The van der Waals surface area contributed by atoms with Gasteiger partial charge in [-0.1, -0.05) is 30.3 Å². The van der Waals surface area contributed by atoms with Crippen LogP contribution in [0.2, 0.25) is 0 Å². The summed E-state index contributed by atoms with van der Waals surface area (Å²) in [6.45, 7) is 0.195. The Hall–Kier alpha value is -3.28. The second-order valence-corrected chi connectivity index (χ2v) is 5.27. The van der Waals surface area contributed by atoms with Crippen LogP contribution in [0.1, 0.15) is 15.9 Å². The van der Waals surface area contributed by atoms with E-state index in [1.54, 1.807) is 12.1 Å². The molecule has 25 heavy (non-hydrogen) atoms. The van der Waals surface area contributed by atoms with Crippen LogP contribution in [-0.4, -0.2) is 36.9 Å². The number of benzene rings is 2. The minimum atomic E-state index is -0.514. The highest BCUT2D eigenvalue weighted by molar-refractivity contribution is 6.18.